The molecule has 0 aliphatic heterocycles. The average Bonchev–Trinajstić information content (AvgIpc) is 2.04. The second-order valence-electron chi connectivity index (χ2n) is 4.92. The second kappa shape index (κ2) is 3.77. The Kier molecular flexibility index (Phi) is 3.09. The number of hydrogen-bond donors (Lipinski definition) is 0. The van der Waals surface area contributed by atoms with Crippen LogP contribution in [0, 0.1) is 17.3 Å². The molecule has 0 N–H and O–H groups in total. The maximum Gasteiger partial charge on any atom is 0.307 e. The fourth-order valence-electron chi connectivity index (χ4n) is 2.14. The van der Waals surface area contributed by atoms with Crippen LogP contribution in [0.15, 0.2) is 0 Å². The van der Waals surface area contributed by atoms with Gasteiger partial charge < -0.3 is 0 Å². The third-order valence-corrected chi connectivity index (χ3v) is 3.55. The summed E-state index contributed by atoms with van der Waals surface area (Å²) in [5.41, 5.74) is -0.661. The van der Waals surface area contributed by atoms with Crippen molar-refractivity contribution in [2.24, 2.45) is 17.3 Å². The molecule has 1 rings (SSSR count). The zero-order valence-electron chi connectivity index (χ0n) is 8.77. The molecule has 0 aromatic carbocycles. The molecular formula is C11H19FO. The molecule has 1 aliphatic carbocycles. The van der Waals surface area contributed by atoms with Crippen molar-refractivity contribution in [3.05, 3.63) is 0 Å². The van der Waals surface area contributed by atoms with Crippen LogP contribution in [0.1, 0.15) is 46.5 Å². The third kappa shape index (κ3) is 2.29. The van der Waals surface area contributed by atoms with E-state index in [2.05, 4.69) is 13.8 Å². The van der Waals surface area contributed by atoms with Crippen LogP contribution >= 0.6 is 0 Å². The van der Waals surface area contributed by atoms with E-state index in [1.54, 1.807) is 6.92 Å². The molecule has 0 aromatic heterocycles. The van der Waals surface area contributed by atoms with Crippen molar-refractivity contribution in [3.8, 4) is 0 Å². The molecule has 1 fully saturated rings. The van der Waals surface area contributed by atoms with Gasteiger partial charge in [-0.3, -0.25) is 4.79 Å². The fraction of sp³-hybridized carbons (Fsp3) is 0.909. The lowest BCUT2D eigenvalue weighted by atomic mass is 9.69. The summed E-state index contributed by atoms with van der Waals surface area (Å²) < 4.78 is 12.7. The van der Waals surface area contributed by atoms with Gasteiger partial charge in [0.15, 0.2) is 0 Å². The molecule has 2 heteroatoms. The SMILES string of the molecule is CC(C)C1CCC(C)(C(=O)F)CC1. The number of carbonyl (C=O) groups excluding carboxylic acids is 1. The van der Waals surface area contributed by atoms with Crippen LogP contribution in [0.25, 0.3) is 0 Å². The molecule has 0 radical (unpaired) electrons. The van der Waals surface area contributed by atoms with Crippen LogP contribution in [0.3, 0.4) is 0 Å². The first kappa shape index (κ1) is 10.7. The maximum atomic E-state index is 12.7. The second-order valence-corrected chi connectivity index (χ2v) is 4.92. The first-order chi connectivity index (χ1) is 5.96. The molecule has 13 heavy (non-hydrogen) atoms. The summed E-state index contributed by atoms with van der Waals surface area (Å²) in [5, 5.41) is 0. The van der Waals surface area contributed by atoms with E-state index in [9.17, 15) is 9.18 Å². The van der Waals surface area contributed by atoms with Crippen LogP contribution in [0.5, 0.6) is 0 Å². The Hall–Kier alpha value is -0.400. The molecular weight excluding hydrogens is 167 g/mol. The normalized spacial score (nSPS) is 35.0. The molecule has 0 bridgehead atoms. The molecule has 0 unspecified atom stereocenters. The van der Waals surface area contributed by atoms with E-state index < -0.39 is 11.5 Å². The molecule has 0 aromatic rings. The number of halogens is 1. The van der Waals surface area contributed by atoms with Crippen LogP contribution in [0.2, 0.25) is 0 Å². The highest BCUT2D eigenvalue weighted by molar-refractivity contribution is 5.75. The lowest BCUT2D eigenvalue weighted by Gasteiger charge is -2.35. The van der Waals surface area contributed by atoms with E-state index in [0.717, 1.165) is 25.7 Å². The Morgan fingerprint density at radius 1 is 1.38 bits per heavy atom. The number of carbonyl (C=O) groups is 1. The summed E-state index contributed by atoms with van der Waals surface area (Å²) in [7, 11) is 0. The maximum absolute atomic E-state index is 12.7. The fourth-order valence-corrected chi connectivity index (χ4v) is 2.14. The zero-order chi connectivity index (χ0) is 10.1. The van der Waals surface area contributed by atoms with E-state index >= 15 is 0 Å². The van der Waals surface area contributed by atoms with E-state index in [1.807, 2.05) is 0 Å². The van der Waals surface area contributed by atoms with Gasteiger partial charge in [-0.15, -0.1) is 0 Å². The summed E-state index contributed by atoms with van der Waals surface area (Å²) in [6, 6.07) is -1.12. The quantitative estimate of drug-likeness (QED) is 0.604. The van der Waals surface area contributed by atoms with Gasteiger partial charge in [0, 0.05) is 0 Å². The summed E-state index contributed by atoms with van der Waals surface area (Å²) in [5.74, 6) is 1.35. The van der Waals surface area contributed by atoms with E-state index in [1.165, 1.54) is 0 Å². The molecule has 0 amide bonds. The van der Waals surface area contributed by atoms with Crippen LogP contribution in [-0.2, 0) is 4.79 Å². The molecule has 76 valence electrons. The summed E-state index contributed by atoms with van der Waals surface area (Å²) in [4.78, 5) is 10.7. The van der Waals surface area contributed by atoms with E-state index in [-0.39, 0.29) is 0 Å². The first-order valence-electron chi connectivity index (χ1n) is 5.15. The molecule has 1 nitrogen and oxygen atoms in total. The van der Waals surface area contributed by atoms with Crippen molar-refractivity contribution >= 4 is 6.04 Å². The molecule has 1 saturated carbocycles. The Bertz CT molecular complexity index is 190. The highest BCUT2D eigenvalue weighted by Gasteiger charge is 2.38. The lowest BCUT2D eigenvalue weighted by molar-refractivity contribution is -0.141. The van der Waals surface area contributed by atoms with Gasteiger partial charge in [-0.05, 0) is 44.4 Å². The smallest absolute Gasteiger partial charge is 0.261 e. The molecule has 0 saturated heterocycles. The predicted octanol–water partition coefficient (Wildman–Crippen LogP) is 3.34. The summed E-state index contributed by atoms with van der Waals surface area (Å²) in [6.45, 7) is 6.15. The summed E-state index contributed by atoms with van der Waals surface area (Å²) in [6.07, 6.45) is 3.46. The van der Waals surface area contributed by atoms with E-state index in [0.29, 0.717) is 11.8 Å². The number of rotatable bonds is 2. The van der Waals surface area contributed by atoms with Gasteiger partial charge in [0.2, 0.25) is 0 Å². The van der Waals surface area contributed by atoms with Crippen molar-refractivity contribution < 1.29 is 9.18 Å². The van der Waals surface area contributed by atoms with E-state index in [4.69, 9.17) is 0 Å². The minimum Gasteiger partial charge on any atom is -0.261 e. The van der Waals surface area contributed by atoms with Crippen molar-refractivity contribution in [3.63, 3.8) is 0 Å². The highest BCUT2D eigenvalue weighted by Crippen LogP contribution is 2.41. The largest absolute Gasteiger partial charge is 0.307 e. The highest BCUT2D eigenvalue weighted by atomic mass is 19.1. The average molecular weight is 186 g/mol. The van der Waals surface area contributed by atoms with Crippen molar-refractivity contribution in [1.29, 1.82) is 0 Å². The van der Waals surface area contributed by atoms with Crippen molar-refractivity contribution in [1.82, 2.24) is 0 Å². The van der Waals surface area contributed by atoms with Gasteiger partial charge in [0.25, 0.3) is 0 Å². The van der Waals surface area contributed by atoms with Crippen LogP contribution in [0.4, 0.5) is 4.39 Å². The van der Waals surface area contributed by atoms with Crippen LogP contribution < -0.4 is 0 Å². The standard InChI is InChI=1S/C11H19FO/c1-8(2)9-4-6-11(3,7-5-9)10(12)13/h8-9H,4-7H2,1-3H3. The monoisotopic (exact) mass is 186 g/mol. The van der Waals surface area contributed by atoms with Crippen molar-refractivity contribution in [2.75, 3.05) is 0 Å². The Balaban J connectivity index is 2.51. The zero-order valence-corrected chi connectivity index (χ0v) is 8.77. The van der Waals surface area contributed by atoms with Gasteiger partial charge >= 0.3 is 6.04 Å². The minimum absolute atomic E-state index is 0.661. The summed E-state index contributed by atoms with van der Waals surface area (Å²) >= 11 is 0. The van der Waals surface area contributed by atoms with Gasteiger partial charge in [-0.25, -0.2) is 0 Å². The Morgan fingerprint density at radius 3 is 2.15 bits per heavy atom. The Labute approximate surface area is 79.7 Å². The molecule has 0 spiro atoms. The molecule has 0 heterocycles. The van der Waals surface area contributed by atoms with Gasteiger partial charge in [-0.1, -0.05) is 13.8 Å². The minimum atomic E-state index is -1.12. The third-order valence-electron chi connectivity index (χ3n) is 3.55. The first-order valence-corrected chi connectivity index (χ1v) is 5.15. The topological polar surface area (TPSA) is 17.1 Å². The molecule has 1 aliphatic rings. The number of hydrogen-bond acceptors (Lipinski definition) is 1. The lowest BCUT2D eigenvalue weighted by Crippen LogP contribution is -2.31. The van der Waals surface area contributed by atoms with Gasteiger partial charge in [0.05, 0.1) is 5.41 Å². The van der Waals surface area contributed by atoms with Crippen molar-refractivity contribution in [2.45, 2.75) is 46.5 Å². The van der Waals surface area contributed by atoms with Crippen LogP contribution in [-0.4, -0.2) is 6.04 Å². The predicted molar refractivity (Wildman–Crippen MR) is 51.0 cm³/mol. The van der Waals surface area contributed by atoms with Gasteiger partial charge in [0.1, 0.15) is 0 Å². The Morgan fingerprint density at radius 2 is 1.85 bits per heavy atom. The van der Waals surface area contributed by atoms with Gasteiger partial charge in [-0.2, -0.15) is 4.39 Å². The molecule has 0 atom stereocenters.